The normalized spacial score (nSPS) is 10.4. The summed E-state index contributed by atoms with van der Waals surface area (Å²) in [4.78, 5) is 12.0. The van der Waals surface area contributed by atoms with Gasteiger partial charge in [0.1, 0.15) is 5.75 Å². The molecule has 2 aromatic rings. The van der Waals surface area contributed by atoms with E-state index in [2.05, 4.69) is 10.6 Å². The fourth-order valence-electron chi connectivity index (χ4n) is 1.92. The molecule has 5 heteroatoms. The standard InChI is InChI=1S/C17H19ClN2O2/c1-11(2)22-14-9-7-13(8-10-14)19-17(21)20-16-6-4-5-15(18)12(16)3/h4-11H,1-3H3,(H2,19,20,21). The number of urea groups is 1. The smallest absolute Gasteiger partial charge is 0.323 e. The molecule has 0 heterocycles. The lowest BCUT2D eigenvalue weighted by Crippen LogP contribution is -2.20. The predicted octanol–water partition coefficient (Wildman–Crippen LogP) is 5.08. The SMILES string of the molecule is Cc1c(Cl)cccc1NC(=O)Nc1ccc(OC(C)C)cc1. The first-order valence-electron chi connectivity index (χ1n) is 7.05. The van der Waals surface area contributed by atoms with Crippen molar-refractivity contribution >= 4 is 29.0 Å². The molecular weight excluding hydrogens is 300 g/mol. The van der Waals surface area contributed by atoms with Crippen molar-refractivity contribution in [2.24, 2.45) is 0 Å². The van der Waals surface area contributed by atoms with Gasteiger partial charge in [-0.2, -0.15) is 0 Å². The largest absolute Gasteiger partial charge is 0.491 e. The fraction of sp³-hybridized carbons (Fsp3) is 0.235. The van der Waals surface area contributed by atoms with Gasteiger partial charge in [-0.3, -0.25) is 0 Å². The third-order valence-electron chi connectivity index (χ3n) is 3.00. The molecule has 2 aromatic carbocycles. The molecule has 116 valence electrons. The Balaban J connectivity index is 1.98. The van der Waals surface area contributed by atoms with Gasteiger partial charge in [-0.1, -0.05) is 17.7 Å². The van der Waals surface area contributed by atoms with Gasteiger partial charge in [-0.15, -0.1) is 0 Å². The fourth-order valence-corrected chi connectivity index (χ4v) is 2.09. The van der Waals surface area contributed by atoms with Gasteiger partial charge in [0.05, 0.1) is 6.10 Å². The third kappa shape index (κ3) is 4.40. The summed E-state index contributed by atoms with van der Waals surface area (Å²) >= 11 is 6.03. The van der Waals surface area contributed by atoms with Crippen LogP contribution in [0.5, 0.6) is 5.75 Å². The minimum Gasteiger partial charge on any atom is -0.491 e. The van der Waals surface area contributed by atoms with Crippen LogP contribution in [0.2, 0.25) is 5.02 Å². The van der Waals surface area contributed by atoms with E-state index in [1.54, 1.807) is 30.3 Å². The van der Waals surface area contributed by atoms with Crippen LogP contribution in [-0.4, -0.2) is 12.1 Å². The highest BCUT2D eigenvalue weighted by Crippen LogP contribution is 2.23. The molecule has 0 bridgehead atoms. The predicted molar refractivity (Wildman–Crippen MR) is 91.0 cm³/mol. The van der Waals surface area contributed by atoms with Gasteiger partial charge < -0.3 is 15.4 Å². The van der Waals surface area contributed by atoms with Crippen LogP contribution in [0.1, 0.15) is 19.4 Å². The molecule has 2 rings (SSSR count). The Morgan fingerprint density at radius 1 is 1.09 bits per heavy atom. The van der Waals surface area contributed by atoms with Gasteiger partial charge in [0.15, 0.2) is 0 Å². The lowest BCUT2D eigenvalue weighted by molar-refractivity contribution is 0.242. The second-order valence-electron chi connectivity index (χ2n) is 5.18. The van der Waals surface area contributed by atoms with Crippen molar-refractivity contribution in [2.45, 2.75) is 26.9 Å². The molecule has 4 nitrogen and oxygen atoms in total. The zero-order valence-corrected chi connectivity index (χ0v) is 13.6. The monoisotopic (exact) mass is 318 g/mol. The molecule has 0 saturated carbocycles. The number of rotatable bonds is 4. The van der Waals surface area contributed by atoms with Gasteiger partial charge >= 0.3 is 6.03 Å². The number of hydrogen-bond acceptors (Lipinski definition) is 2. The van der Waals surface area contributed by atoms with Crippen molar-refractivity contribution in [2.75, 3.05) is 10.6 Å². The van der Waals surface area contributed by atoms with Crippen LogP contribution in [-0.2, 0) is 0 Å². The summed E-state index contributed by atoms with van der Waals surface area (Å²) in [7, 11) is 0. The number of carbonyl (C=O) groups is 1. The van der Waals surface area contributed by atoms with Crippen LogP contribution in [0.3, 0.4) is 0 Å². The van der Waals surface area contributed by atoms with E-state index in [9.17, 15) is 4.79 Å². The Morgan fingerprint density at radius 2 is 1.77 bits per heavy atom. The van der Waals surface area contributed by atoms with Crippen molar-refractivity contribution in [1.29, 1.82) is 0 Å². The van der Waals surface area contributed by atoms with E-state index in [0.717, 1.165) is 11.3 Å². The Morgan fingerprint density at radius 3 is 2.41 bits per heavy atom. The highest BCUT2D eigenvalue weighted by molar-refractivity contribution is 6.31. The van der Waals surface area contributed by atoms with Crippen LogP contribution < -0.4 is 15.4 Å². The summed E-state index contributed by atoms with van der Waals surface area (Å²) in [5, 5.41) is 6.17. The van der Waals surface area contributed by atoms with Crippen LogP contribution >= 0.6 is 11.6 Å². The molecule has 0 saturated heterocycles. The zero-order valence-electron chi connectivity index (χ0n) is 12.8. The summed E-state index contributed by atoms with van der Waals surface area (Å²) in [6.07, 6.45) is 0.118. The maximum atomic E-state index is 12.0. The number of benzene rings is 2. The molecule has 0 unspecified atom stereocenters. The van der Waals surface area contributed by atoms with E-state index >= 15 is 0 Å². The van der Waals surface area contributed by atoms with Crippen LogP contribution in [0.25, 0.3) is 0 Å². The van der Waals surface area contributed by atoms with Crippen molar-refractivity contribution in [1.82, 2.24) is 0 Å². The average molecular weight is 319 g/mol. The lowest BCUT2D eigenvalue weighted by Gasteiger charge is -2.12. The Hall–Kier alpha value is -2.20. The van der Waals surface area contributed by atoms with E-state index in [1.807, 2.05) is 32.9 Å². The number of halogens is 1. The van der Waals surface area contributed by atoms with Gasteiger partial charge in [0.25, 0.3) is 0 Å². The minimum absolute atomic E-state index is 0.118. The Kier molecular flexibility index (Phi) is 5.28. The molecule has 0 atom stereocenters. The molecular formula is C17H19ClN2O2. The summed E-state index contributed by atoms with van der Waals surface area (Å²) in [5.74, 6) is 0.770. The topological polar surface area (TPSA) is 50.4 Å². The Labute approximate surface area is 135 Å². The molecule has 0 aliphatic carbocycles. The summed E-state index contributed by atoms with van der Waals surface area (Å²) < 4.78 is 5.56. The zero-order chi connectivity index (χ0) is 16.1. The third-order valence-corrected chi connectivity index (χ3v) is 3.41. The first-order chi connectivity index (χ1) is 10.5. The second-order valence-corrected chi connectivity index (χ2v) is 5.59. The minimum atomic E-state index is -0.317. The van der Waals surface area contributed by atoms with Crippen molar-refractivity contribution in [3.05, 3.63) is 53.1 Å². The number of nitrogens with one attached hydrogen (secondary N) is 2. The van der Waals surface area contributed by atoms with E-state index in [1.165, 1.54) is 0 Å². The molecule has 0 aliphatic heterocycles. The molecule has 2 N–H and O–H groups in total. The van der Waals surface area contributed by atoms with E-state index in [4.69, 9.17) is 16.3 Å². The molecule has 0 radical (unpaired) electrons. The molecule has 2 amide bonds. The summed E-state index contributed by atoms with van der Waals surface area (Å²) in [6, 6.07) is 12.3. The summed E-state index contributed by atoms with van der Waals surface area (Å²) in [6.45, 7) is 5.79. The number of carbonyl (C=O) groups excluding carboxylic acids is 1. The van der Waals surface area contributed by atoms with Crippen molar-refractivity contribution < 1.29 is 9.53 Å². The van der Waals surface area contributed by atoms with Gasteiger partial charge in [-0.25, -0.2) is 4.79 Å². The first-order valence-corrected chi connectivity index (χ1v) is 7.43. The molecule has 0 fully saturated rings. The Bertz CT molecular complexity index is 654. The van der Waals surface area contributed by atoms with Gasteiger partial charge in [0, 0.05) is 16.4 Å². The van der Waals surface area contributed by atoms with Crippen molar-refractivity contribution in [3.63, 3.8) is 0 Å². The summed E-state index contributed by atoms with van der Waals surface area (Å²) in [5.41, 5.74) is 2.21. The first kappa shape index (κ1) is 16.2. The molecule has 22 heavy (non-hydrogen) atoms. The molecule has 0 aromatic heterocycles. The van der Waals surface area contributed by atoms with E-state index < -0.39 is 0 Å². The van der Waals surface area contributed by atoms with Crippen molar-refractivity contribution in [3.8, 4) is 5.75 Å². The van der Waals surface area contributed by atoms with Gasteiger partial charge in [0.2, 0.25) is 0 Å². The number of amides is 2. The quantitative estimate of drug-likeness (QED) is 0.826. The highest BCUT2D eigenvalue weighted by atomic mass is 35.5. The molecule has 0 spiro atoms. The van der Waals surface area contributed by atoms with E-state index in [-0.39, 0.29) is 12.1 Å². The van der Waals surface area contributed by atoms with Crippen LogP contribution in [0.15, 0.2) is 42.5 Å². The maximum absolute atomic E-state index is 12.0. The van der Waals surface area contributed by atoms with Crippen LogP contribution in [0, 0.1) is 6.92 Å². The van der Waals surface area contributed by atoms with Gasteiger partial charge in [-0.05, 0) is 62.7 Å². The van der Waals surface area contributed by atoms with E-state index in [0.29, 0.717) is 16.4 Å². The maximum Gasteiger partial charge on any atom is 0.323 e. The second kappa shape index (κ2) is 7.18. The number of anilines is 2. The van der Waals surface area contributed by atoms with Crippen LogP contribution in [0.4, 0.5) is 16.2 Å². The highest BCUT2D eigenvalue weighted by Gasteiger charge is 2.07. The number of hydrogen-bond donors (Lipinski definition) is 2. The number of ether oxygens (including phenoxy) is 1. The lowest BCUT2D eigenvalue weighted by atomic mass is 10.2. The average Bonchev–Trinajstić information content (AvgIpc) is 2.45. The molecule has 0 aliphatic rings.